The van der Waals surface area contributed by atoms with Gasteiger partial charge < -0.3 is 14.6 Å². The van der Waals surface area contributed by atoms with Crippen LogP contribution in [-0.2, 0) is 14.3 Å². The van der Waals surface area contributed by atoms with Crippen LogP contribution >= 0.6 is 0 Å². The second-order valence-electron chi connectivity index (χ2n) is 3.08. The monoisotopic (exact) mass is 204 g/mol. The molecule has 0 radical (unpaired) electrons. The normalized spacial score (nSPS) is 12.5. The smallest absolute Gasteiger partial charge is 0.305 e. The zero-order valence-electron chi connectivity index (χ0n) is 8.99. The molecule has 0 spiro atoms. The summed E-state index contributed by atoms with van der Waals surface area (Å²) in [6.45, 7) is 4.37. The van der Waals surface area contributed by atoms with Crippen molar-refractivity contribution in [3.63, 3.8) is 0 Å². The molecule has 1 unspecified atom stereocenters. The minimum Gasteiger partial charge on any atom is -0.463 e. The van der Waals surface area contributed by atoms with E-state index in [1.54, 1.807) is 0 Å². The van der Waals surface area contributed by atoms with Crippen LogP contribution < -0.4 is 0 Å². The molecule has 84 valence electrons. The predicted octanol–water partition coefficient (Wildman–Crippen LogP) is 1.46. The number of rotatable bonds is 8. The van der Waals surface area contributed by atoms with Gasteiger partial charge in [-0.25, -0.2) is 0 Å². The molecule has 0 aliphatic heterocycles. The molecule has 0 aromatic carbocycles. The van der Waals surface area contributed by atoms with Crippen molar-refractivity contribution in [2.24, 2.45) is 0 Å². The van der Waals surface area contributed by atoms with Crippen LogP contribution in [-0.4, -0.2) is 30.6 Å². The van der Waals surface area contributed by atoms with Gasteiger partial charge in [-0.2, -0.15) is 0 Å². The van der Waals surface area contributed by atoms with Crippen LogP contribution in [0.25, 0.3) is 0 Å². The summed E-state index contributed by atoms with van der Waals surface area (Å²) in [5, 5.41) is 9.16. The first-order valence-electron chi connectivity index (χ1n) is 5.16. The average molecular weight is 204 g/mol. The molecule has 0 saturated heterocycles. The van der Waals surface area contributed by atoms with Crippen LogP contribution in [0.15, 0.2) is 0 Å². The SMILES string of the molecule is CCCC(=O)OCCOC(O)CCC. The van der Waals surface area contributed by atoms with E-state index in [9.17, 15) is 4.79 Å². The van der Waals surface area contributed by atoms with Gasteiger partial charge in [-0.15, -0.1) is 0 Å². The van der Waals surface area contributed by atoms with Crippen LogP contribution in [0.3, 0.4) is 0 Å². The van der Waals surface area contributed by atoms with Crippen molar-refractivity contribution < 1.29 is 19.4 Å². The maximum atomic E-state index is 10.9. The second kappa shape index (κ2) is 8.97. The fourth-order valence-corrected chi connectivity index (χ4v) is 0.946. The first-order valence-corrected chi connectivity index (χ1v) is 5.16. The van der Waals surface area contributed by atoms with Gasteiger partial charge >= 0.3 is 5.97 Å². The lowest BCUT2D eigenvalue weighted by atomic mass is 10.3. The quantitative estimate of drug-likeness (QED) is 0.369. The zero-order valence-corrected chi connectivity index (χ0v) is 8.99. The van der Waals surface area contributed by atoms with Gasteiger partial charge in [0.15, 0.2) is 6.29 Å². The van der Waals surface area contributed by atoms with Crippen molar-refractivity contribution in [1.29, 1.82) is 0 Å². The van der Waals surface area contributed by atoms with Crippen molar-refractivity contribution >= 4 is 5.97 Å². The Bertz CT molecular complexity index is 147. The van der Waals surface area contributed by atoms with Crippen LogP contribution in [0.2, 0.25) is 0 Å². The number of carbonyl (C=O) groups excluding carboxylic acids is 1. The summed E-state index contributed by atoms with van der Waals surface area (Å²) in [5.74, 6) is -0.207. The highest BCUT2D eigenvalue weighted by Gasteiger charge is 2.03. The Balaban J connectivity index is 3.24. The fraction of sp³-hybridized carbons (Fsp3) is 0.900. The number of aliphatic hydroxyl groups is 1. The number of esters is 1. The maximum Gasteiger partial charge on any atom is 0.305 e. The summed E-state index contributed by atoms with van der Waals surface area (Å²) in [7, 11) is 0. The molecular weight excluding hydrogens is 184 g/mol. The Morgan fingerprint density at radius 2 is 2.00 bits per heavy atom. The number of hydrogen-bond donors (Lipinski definition) is 1. The van der Waals surface area contributed by atoms with E-state index in [0.29, 0.717) is 12.8 Å². The van der Waals surface area contributed by atoms with E-state index < -0.39 is 6.29 Å². The standard InChI is InChI=1S/C10H20O4/c1-3-5-9(11)13-7-8-14-10(12)6-4-2/h9,11H,3-8H2,1-2H3. The van der Waals surface area contributed by atoms with E-state index in [2.05, 4.69) is 0 Å². The summed E-state index contributed by atoms with van der Waals surface area (Å²) >= 11 is 0. The molecule has 0 fully saturated rings. The molecule has 0 aliphatic rings. The van der Waals surface area contributed by atoms with Crippen molar-refractivity contribution in [2.45, 2.75) is 45.8 Å². The highest BCUT2D eigenvalue weighted by atomic mass is 16.6. The van der Waals surface area contributed by atoms with E-state index in [0.717, 1.165) is 12.8 Å². The van der Waals surface area contributed by atoms with E-state index in [1.165, 1.54) is 0 Å². The van der Waals surface area contributed by atoms with Gasteiger partial charge in [-0.1, -0.05) is 20.3 Å². The molecule has 0 bridgehead atoms. The highest BCUT2D eigenvalue weighted by molar-refractivity contribution is 5.69. The number of carbonyl (C=O) groups is 1. The van der Waals surface area contributed by atoms with Crippen LogP contribution in [0.1, 0.15) is 39.5 Å². The molecule has 0 aromatic heterocycles. The van der Waals surface area contributed by atoms with Gasteiger partial charge in [0.1, 0.15) is 6.61 Å². The lowest BCUT2D eigenvalue weighted by molar-refractivity contribution is -0.151. The Hall–Kier alpha value is -0.610. The molecule has 14 heavy (non-hydrogen) atoms. The highest BCUT2D eigenvalue weighted by Crippen LogP contribution is 1.98. The fourth-order valence-electron chi connectivity index (χ4n) is 0.946. The molecule has 1 N–H and O–H groups in total. The summed E-state index contributed by atoms with van der Waals surface area (Å²) in [6.07, 6.45) is 1.99. The van der Waals surface area contributed by atoms with Gasteiger partial charge in [0.05, 0.1) is 6.61 Å². The summed E-state index contributed by atoms with van der Waals surface area (Å²) in [4.78, 5) is 10.9. The number of hydrogen-bond acceptors (Lipinski definition) is 4. The molecule has 4 nitrogen and oxygen atoms in total. The van der Waals surface area contributed by atoms with Crippen molar-refractivity contribution in [3.05, 3.63) is 0 Å². The largest absolute Gasteiger partial charge is 0.463 e. The molecule has 0 aromatic rings. The van der Waals surface area contributed by atoms with E-state index in [1.807, 2.05) is 13.8 Å². The van der Waals surface area contributed by atoms with Crippen molar-refractivity contribution in [2.75, 3.05) is 13.2 Å². The average Bonchev–Trinajstić information content (AvgIpc) is 2.13. The third-order valence-electron chi connectivity index (χ3n) is 1.65. The maximum absolute atomic E-state index is 10.9. The molecule has 0 rings (SSSR count). The van der Waals surface area contributed by atoms with Crippen molar-refractivity contribution in [3.8, 4) is 0 Å². The minimum atomic E-state index is -0.732. The molecule has 0 aliphatic carbocycles. The molecule has 0 saturated carbocycles. The first-order chi connectivity index (χ1) is 6.70. The Morgan fingerprint density at radius 1 is 1.29 bits per heavy atom. The zero-order chi connectivity index (χ0) is 10.8. The number of ether oxygens (including phenoxy) is 2. The second-order valence-corrected chi connectivity index (χ2v) is 3.08. The minimum absolute atomic E-state index is 0.207. The van der Waals surface area contributed by atoms with Gasteiger partial charge in [-0.3, -0.25) is 4.79 Å². The topological polar surface area (TPSA) is 55.8 Å². The van der Waals surface area contributed by atoms with Gasteiger partial charge in [-0.05, 0) is 12.8 Å². The molecule has 1 atom stereocenters. The predicted molar refractivity (Wildman–Crippen MR) is 52.7 cm³/mol. The van der Waals surface area contributed by atoms with Gasteiger partial charge in [0, 0.05) is 6.42 Å². The first kappa shape index (κ1) is 13.4. The van der Waals surface area contributed by atoms with E-state index in [-0.39, 0.29) is 19.2 Å². The van der Waals surface area contributed by atoms with E-state index >= 15 is 0 Å². The summed E-state index contributed by atoms with van der Waals surface area (Å²) < 4.78 is 9.83. The molecule has 0 heterocycles. The summed E-state index contributed by atoms with van der Waals surface area (Å²) in [5.41, 5.74) is 0. The van der Waals surface area contributed by atoms with E-state index in [4.69, 9.17) is 14.6 Å². The Kier molecular flexibility index (Phi) is 8.57. The number of aliphatic hydroxyl groups excluding tert-OH is 1. The van der Waals surface area contributed by atoms with Gasteiger partial charge in [0.25, 0.3) is 0 Å². The molecular formula is C10H20O4. The Morgan fingerprint density at radius 3 is 2.57 bits per heavy atom. The lowest BCUT2D eigenvalue weighted by Crippen LogP contribution is -2.17. The van der Waals surface area contributed by atoms with Gasteiger partial charge in [0.2, 0.25) is 0 Å². The molecule has 0 amide bonds. The van der Waals surface area contributed by atoms with Crippen molar-refractivity contribution in [1.82, 2.24) is 0 Å². The van der Waals surface area contributed by atoms with Crippen LogP contribution in [0.5, 0.6) is 0 Å². The lowest BCUT2D eigenvalue weighted by Gasteiger charge is -2.10. The third kappa shape index (κ3) is 8.01. The third-order valence-corrected chi connectivity index (χ3v) is 1.65. The van der Waals surface area contributed by atoms with Crippen LogP contribution in [0, 0.1) is 0 Å². The molecule has 4 heteroatoms. The Labute approximate surface area is 85.2 Å². The van der Waals surface area contributed by atoms with Crippen LogP contribution in [0.4, 0.5) is 0 Å². The summed E-state index contributed by atoms with van der Waals surface area (Å²) in [6, 6.07) is 0.